The molecule has 2 aliphatic rings. The standard InChI is InChI=1S/C76H42/c1-5-21-45(22-6-1)49-29-13-15-31-51(49)69-55-35-19-17-33-53(55)65(47-25-9-3-10-26-47)73-61-41-37-57-58-38-42-62-72-64(44-40-60(68(58)72)59-39-43-63(75(69)73)71(61)67(57)59)76-70(52-32-16-14-30-50(52)46-23-7-2-8-24-46)56-36-20-18-34-54(56)66(74(62)76)48-27-11-4-12-28-48/h1-11,13-27,29-44H. The van der Waals surface area contributed by atoms with Gasteiger partial charge in [0.05, 0.1) is 0 Å². The first-order valence-corrected chi connectivity index (χ1v) is 26.4. The summed E-state index contributed by atoms with van der Waals surface area (Å²) in [6.07, 6.45) is 0. The zero-order valence-corrected chi connectivity index (χ0v) is 41.2. The van der Waals surface area contributed by atoms with Crippen molar-refractivity contribution >= 4 is 64.6 Å². The lowest BCUT2D eigenvalue weighted by Crippen LogP contribution is -1.95. The van der Waals surface area contributed by atoms with Gasteiger partial charge in [-0.3, -0.25) is 0 Å². The summed E-state index contributed by atoms with van der Waals surface area (Å²) in [6.45, 7) is 0. The van der Waals surface area contributed by atoms with E-state index in [-0.39, 0.29) is 0 Å². The molecule has 0 amide bonds. The average molecular weight is 955 g/mol. The second-order valence-corrected chi connectivity index (χ2v) is 20.6. The smallest absolute Gasteiger partial charge is 0.0334 e. The lowest BCUT2D eigenvalue weighted by molar-refractivity contribution is 1.59. The van der Waals surface area contributed by atoms with Gasteiger partial charge in [-0.2, -0.15) is 0 Å². The van der Waals surface area contributed by atoms with Crippen LogP contribution in [-0.2, 0) is 0 Å². The van der Waals surface area contributed by atoms with E-state index >= 15 is 0 Å². The molecule has 0 heterocycles. The SMILES string of the molecule is c1cccc(-c2c3c(c(-c4ccccc4-c4ccccc4)c4ccccc24)-c2ccc4c5ccc6c7c(ccc(c8ccc-3c2c84)c75)-c2c-6c(-c3ccccc3-c3ccccc3)c3ccccc3c2-c2ccccc2)c#1. The Morgan fingerprint density at radius 2 is 0.526 bits per heavy atom. The van der Waals surface area contributed by atoms with Crippen LogP contribution in [0.25, 0.3) is 176 Å². The van der Waals surface area contributed by atoms with Gasteiger partial charge in [0.1, 0.15) is 0 Å². The molecule has 17 rings (SSSR count). The molecule has 0 radical (unpaired) electrons. The minimum Gasteiger partial charge on any atom is -0.0696 e. The number of hydrogen-bond donors (Lipinski definition) is 0. The highest BCUT2D eigenvalue weighted by molar-refractivity contribution is 6.42. The summed E-state index contributed by atoms with van der Waals surface area (Å²) in [5.74, 6) is 0. The fourth-order valence-corrected chi connectivity index (χ4v) is 14.1. The summed E-state index contributed by atoms with van der Waals surface area (Å²) < 4.78 is 0. The highest BCUT2D eigenvalue weighted by Gasteiger charge is 2.36. The zero-order chi connectivity index (χ0) is 49.6. The summed E-state index contributed by atoms with van der Waals surface area (Å²) in [7, 11) is 0. The van der Waals surface area contributed by atoms with Gasteiger partial charge in [0, 0.05) is 11.1 Å². The lowest BCUT2D eigenvalue weighted by atomic mass is 9.81. The minimum atomic E-state index is 1.05. The number of hydrogen-bond acceptors (Lipinski definition) is 0. The van der Waals surface area contributed by atoms with E-state index in [2.05, 4.69) is 261 Å². The zero-order valence-electron chi connectivity index (χ0n) is 41.2. The normalized spacial score (nSPS) is 12.1. The van der Waals surface area contributed by atoms with Crippen LogP contribution in [0.4, 0.5) is 0 Å². The van der Waals surface area contributed by atoms with E-state index in [9.17, 15) is 0 Å². The fraction of sp³-hybridized carbons (Fsp3) is 0. The van der Waals surface area contributed by atoms with Crippen LogP contribution >= 0.6 is 0 Å². The maximum atomic E-state index is 3.58. The molecule has 15 aromatic carbocycles. The number of fused-ring (bicyclic) bond motifs is 10. The molecule has 0 spiro atoms. The number of benzene rings is 14. The van der Waals surface area contributed by atoms with Gasteiger partial charge in [-0.25, -0.2) is 0 Å². The molecule has 0 aliphatic heterocycles. The van der Waals surface area contributed by atoms with Gasteiger partial charge < -0.3 is 0 Å². The van der Waals surface area contributed by atoms with Crippen LogP contribution < -0.4 is 0 Å². The monoisotopic (exact) mass is 954 g/mol. The Labute approximate surface area is 440 Å². The van der Waals surface area contributed by atoms with E-state index in [1.165, 1.54) is 170 Å². The van der Waals surface area contributed by atoms with Gasteiger partial charge in [0.15, 0.2) is 0 Å². The van der Waals surface area contributed by atoms with Crippen molar-refractivity contribution in [2.75, 3.05) is 0 Å². The molecule has 0 bridgehead atoms. The van der Waals surface area contributed by atoms with Crippen LogP contribution in [-0.4, -0.2) is 0 Å². The van der Waals surface area contributed by atoms with Crippen LogP contribution in [0.2, 0.25) is 0 Å². The summed E-state index contributed by atoms with van der Waals surface area (Å²) in [5.41, 5.74) is 25.0. The van der Waals surface area contributed by atoms with Crippen molar-refractivity contribution in [3.05, 3.63) is 267 Å². The molecule has 0 saturated carbocycles. The fourth-order valence-electron chi connectivity index (χ4n) is 14.1. The van der Waals surface area contributed by atoms with Gasteiger partial charge in [-0.1, -0.05) is 255 Å². The van der Waals surface area contributed by atoms with Gasteiger partial charge in [-0.15, -0.1) is 0 Å². The second kappa shape index (κ2) is 15.7. The van der Waals surface area contributed by atoms with Crippen molar-refractivity contribution in [3.63, 3.8) is 0 Å². The average Bonchev–Trinajstić information content (AvgIpc) is 4.14. The Bertz CT molecular complexity index is 4600. The van der Waals surface area contributed by atoms with Gasteiger partial charge in [-0.05, 0) is 177 Å². The third-order valence-corrected chi connectivity index (χ3v) is 17.0. The second-order valence-electron chi connectivity index (χ2n) is 20.6. The molecule has 0 heteroatoms. The molecule has 2 aliphatic carbocycles. The molecular weight excluding hydrogens is 913 g/mol. The maximum absolute atomic E-state index is 3.58. The van der Waals surface area contributed by atoms with Crippen molar-refractivity contribution < 1.29 is 0 Å². The van der Waals surface area contributed by atoms with E-state index in [0.717, 1.165) is 5.56 Å². The van der Waals surface area contributed by atoms with Gasteiger partial charge in [0.25, 0.3) is 0 Å². The van der Waals surface area contributed by atoms with Gasteiger partial charge in [0.2, 0.25) is 0 Å². The first-order chi connectivity index (χ1) is 37.8. The molecular formula is C76H42. The summed E-state index contributed by atoms with van der Waals surface area (Å²) in [5, 5.41) is 15.4. The lowest BCUT2D eigenvalue weighted by Gasteiger charge is -2.22. The molecule has 0 nitrogen and oxygen atoms in total. The van der Waals surface area contributed by atoms with E-state index in [0.29, 0.717) is 0 Å². The Morgan fingerprint density at radius 1 is 0.184 bits per heavy atom. The number of rotatable bonds is 6. The molecule has 0 fully saturated rings. The van der Waals surface area contributed by atoms with Crippen LogP contribution in [0.1, 0.15) is 0 Å². The van der Waals surface area contributed by atoms with Crippen molar-refractivity contribution in [3.8, 4) is 111 Å². The molecule has 0 aromatic heterocycles. The van der Waals surface area contributed by atoms with E-state index in [4.69, 9.17) is 0 Å². The largest absolute Gasteiger partial charge is 0.0696 e. The third kappa shape index (κ3) is 5.53. The topological polar surface area (TPSA) is 0 Å². The van der Waals surface area contributed by atoms with Crippen molar-refractivity contribution in [1.29, 1.82) is 0 Å². The maximum Gasteiger partial charge on any atom is 0.0334 e. The molecule has 0 saturated heterocycles. The minimum absolute atomic E-state index is 1.05. The molecule has 0 atom stereocenters. The van der Waals surface area contributed by atoms with Crippen LogP contribution in [0.15, 0.2) is 255 Å². The van der Waals surface area contributed by atoms with E-state index < -0.39 is 0 Å². The molecule has 346 valence electrons. The molecule has 15 aromatic rings. The van der Waals surface area contributed by atoms with Crippen molar-refractivity contribution in [2.24, 2.45) is 0 Å². The van der Waals surface area contributed by atoms with Crippen LogP contribution in [0.5, 0.6) is 0 Å². The Morgan fingerprint density at radius 3 is 0.947 bits per heavy atom. The summed E-state index contributed by atoms with van der Waals surface area (Å²) >= 11 is 0. The third-order valence-electron chi connectivity index (χ3n) is 17.0. The van der Waals surface area contributed by atoms with E-state index in [1.54, 1.807) is 0 Å². The van der Waals surface area contributed by atoms with Gasteiger partial charge >= 0.3 is 0 Å². The molecule has 0 unspecified atom stereocenters. The highest BCUT2D eigenvalue weighted by atomic mass is 14.4. The van der Waals surface area contributed by atoms with Crippen molar-refractivity contribution in [2.45, 2.75) is 0 Å². The van der Waals surface area contributed by atoms with Crippen LogP contribution in [0.3, 0.4) is 0 Å². The predicted octanol–water partition coefficient (Wildman–Crippen LogP) is 20.9. The Hall–Kier alpha value is -10.1. The van der Waals surface area contributed by atoms with E-state index in [1.807, 2.05) is 6.07 Å². The molecule has 0 N–H and O–H groups in total. The highest BCUT2D eigenvalue weighted by Crippen LogP contribution is 2.63. The quantitative estimate of drug-likeness (QED) is 0.115. The summed E-state index contributed by atoms with van der Waals surface area (Å²) in [6, 6.07) is 102. The Balaban J connectivity index is 0.992. The Kier molecular flexibility index (Phi) is 8.57. The summed E-state index contributed by atoms with van der Waals surface area (Å²) in [4.78, 5) is 0. The first kappa shape index (κ1) is 41.4. The predicted molar refractivity (Wildman–Crippen MR) is 322 cm³/mol. The first-order valence-electron chi connectivity index (χ1n) is 26.4. The molecule has 76 heavy (non-hydrogen) atoms. The van der Waals surface area contributed by atoms with Crippen molar-refractivity contribution in [1.82, 2.24) is 0 Å². The van der Waals surface area contributed by atoms with Crippen LogP contribution in [0, 0.1) is 12.1 Å².